The van der Waals surface area contributed by atoms with Gasteiger partial charge in [0.1, 0.15) is 5.82 Å². The standard InChI is InChI=1S/C11H12FN7/c12-7-1-2-9(19-4-3-16-6-19)8(5-7)17-11(15)18-10(13)14/h1-6H,(H6,13,14,15,17,18). The van der Waals surface area contributed by atoms with E-state index in [-0.39, 0.29) is 11.9 Å². The van der Waals surface area contributed by atoms with Crippen molar-refractivity contribution in [1.29, 1.82) is 0 Å². The average molecular weight is 261 g/mol. The Bertz CT molecular complexity index is 626. The molecule has 0 spiro atoms. The van der Waals surface area contributed by atoms with E-state index in [2.05, 4.69) is 15.0 Å². The summed E-state index contributed by atoms with van der Waals surface area (Å²) in [5.74, 6) is -0.825. The third-order valence-electron chi connectivity index (χ3n) is 2.20. The first kappa shape index (κ1) is 12.6. The van der Waals surface area contributed by atoms with Crippen molar-refractivity contribution in [3.8, 4) is 5.69 Å². The van der Waals surface area contributed by atoms with Crippen LogP contribution in [0.3, 0.4) is 0 Å². The SMILES string of the molecule is NC(N)=NC(N)=Nc1cc(F)ccc1-n1ccnc1. The molecule has 1 heterocycles. The normalized spacial score (nSPS) is 11.3. The summed E-state index contributed by atoms with van der Waals surface area (Å²) in [6.07, 6.45) is 4.85. The number of aliphatic imine (C=N–C) groups is 2. The van der Waals surface area contributed by atoms with Crippen LogP contribution in [0.5, 0.6) is 0 Å². The van der Waals surface area contributed by atoms with E-state index >= 15 is 0 Å². The van der Waals surface area contributed by atoms with Gasteiger partial charge in [-0.1, -0.05) is 0 Å². The van der Waals surface area contributed by atoms with Crippen LogP contribution >= 0.6 is 0 Å². The van der Waals surface area contributed by atoms with Gasteiger partial charge in [0.15, 0.2) is 5.96 Å². The van der Waals surface area contributed by atoms with Gasteiger partial charge in [-0.05, 0) is 12.1 Å². The third-order valence-corrected chi connectivity index (χ3v) is 2.20. The quantitative estimate of drug-likeness (QED) is 0.529. The molecule has 2 aromatic rings. The molecule has 2 rings (SSSR count). The maximum absolute atomic E-state index is 13.3. The Hall–Kier alpha value is -2.90. The second-order valence-electron chi connectivity index (χ2n) is 3.61. The predicted molar refractivity (Wildman–Crippen MR) is 70.6 cm³/mol. The van der Waals surface area contributed by atoms with E-state index in [1.165, 1.54) is 12.1 Å². The van der Waals surface area contributed by atoms with Gasteiger partial charge in [0.25, 0.3) is 0 Å². The van der Waals surface area contributed by atoms with Crippen molar-refractivity contribution in [2.24, 2.45) is 27.2 Å². The Morgan fingerprint density at radius 1 is 1.26 bits per heavy atom. The zero-order valence-corrected chi connectivity index (χ0v) is 9.86. The van der Waals surface area contributed by atoms with Gasteiger partial charge in [0.05, 0.1) is 17.7 Å². The Morgan fingerprint density at radius 3 is 2.68 bits per heavy atom. The summed E-state index contributed by atoms with van der Waals surface area (Å²) in [6, 6.07) is 4.09. The van der Waals surface area contributed by atoms with Crippen molar-refractivity contribution >= 4 is 17.6 Å². The number of aromatic nitrogens is 2. The first-order valence-corrected chi connectivity index (χ1v) is 5.28. The van der Waals surface area contributed by atoms with Crippen molar-refractivity contribution in [1.82, 2.24) is 9.55 Å². The largest absolute Gasteiger partial charge is 0.370 e. The Kier molecular flexibility index (Phi) is 3.42. The summed E-state index contributed by atoms with van der Waals surface area (Å²) in [5, 5.41) is 0. The highest BCUT2D eigenvalue weighted by atomic mass is 19.1. The Balaban J connectivity index is 2.50. The summed E-state index contributed by atoms with van der Waals surface area (Å²) in [6.45, 7) is 0. The minimum Gasteiger partial charge on any atom is -0.370 e. The fraction of sp³-hybridized carbons (Fsp3) is 0. The molecule has 1 aromatic carbocycles. The van der Waals surface area contributed by atoms with Crippen LogP contribution in [0.2, 0.25) is 0 Å². The molecule has 1 aromatic heterocycles. The minimum atomic E-state index is -0.444. The summed E-state index contributed by atoms with van der Waals surface area (Å²) >= 11 is 0. The summed E-state index contributed by atoms with van der Waals surface area (Å²) in [4.78, 5) is 11.5. The van der Waals surface area contributed by atoms with Gasteiger partial charge < -0.3 is 21.8 Å². The molecule has 0 aliphatic rings. The second-order valence-corrected chi connectivity index (χ2v) is 3.61. The number of halogens is 1. The lowest BCUT2D eigenvalue weighted by Crippen LogP contribution is -2.26. The molecular weight excluding hydrogens is 249 g/mol. The number of nitrogens with two attached hydrogens (primary N) is 3. The molecule has 0 aliphatic heterocycles. The van der Waals surface area contributed by atoms with Crippen molar-refractivity contribution in [2.75, 3.05) is 0 Å². The number of nitrogens with zero attached hydrogens (tertiary/aromatic N) is 4. The molecule has 0 amide bonds. The molecule has 0 bridgehead atoms. The second kappa shape index (κ2) is 5.17. The van der Waals surface area contributed by atoms with Gasteiger partial charge >= 0.3 is 0 Å². The maximum Gasteiger partial charge on any atom is 0.223 e. The zero-order valence-electron chi connectivity index (χ0n) is 9.86. The molecule has 0 aliphatic carbocycles. The zero-order chi connectivity index (χ0) is 13.8. The molecule has 6 N–H and O–H groups in total. The van der Waals surface area contributed by atoms with E-state index in [1.807, 2.05) is 0 Å². The predicted octanol–water partition coefficient (Wildman–Crippen LogP) is 0.231. The lowest BCUT2D eigenvalue weighted by atomic mass is 10.2. The molecule has 98 valence electrons. The molecule has 19 heavy (non-hydrogen) atoms. The first-order chi connectivity index (χ1) is 9.06. The minimum absolute atomic E-state index is 0.160. The van der Waals surface area contributed by atoms with Crippen LogP contribution in [0, 0.1) is 5.82 Å². The number of hydrogen-bond donors (Lipinski definition) is 3. The van der Waals surface area contributed by atoms with E-state index < -0.39 is 5.82 Å². The third kappa shape index (κ3) is 3.06. The molecular formula is C11H12FN7. The van der Waals surface area contributed by atoms with Gasteiger partial charge in [-0.15, -0.1) is 0 Å². The maximum atomic E-state index is 13.3. The van der Waals surface area contributed by atoms with Crippen LogP contribution < -0.4 is 17.2 Å². The van der Waals surface area contributed by atoms with E-state index in [0.29, 0.717) is 11.4 Å². The molecule has 8 heteroatoms. The molecule has 0 fully saturated rings. The van der Waals surface area contributed by atoms with Gasteiger partial charge in [-0.2, -0.15) is 4.99 Å². The van der Waals surface area contributed by atoms with Crippen LogP contribution in [0.1, 0.15) is 0 Å². The lowest BCUT2D eigenvalue weighted by molar-refractivity contribution is 0.627. The fourth-order valence-electron chi connectivity index (χ4n) is 1.49. The molecule has 0 atom stereocenters. The number of benzene rings is 1. The van der Waals surface area contributed by atoms with Gasteiger partial charge in [0, 0.05) is 18.5 Å². The molecule has 0 unspecified atom stereocenters. The first-order valence-electron chi connectivity index (χ1n) is 5.28. The number of guanidine groups is 2. The van der Waals surface area contributed by atoms with E-state index in [9.17, 15) is 4.39 Å². The number of imidazole rings is 1. The van der Waals surface area contributed by atoms with Crippen LogP contribution in [-0.2, 0) is 0 Å². The highest BCUT2D eigenvalue weighted by Crippen LogP contribution is 2.24. The topological polar surface area (TPSA) is 121 Å². The fourth-order valence-corrected chi connectivity index (χ4v) is 1.49. The number of rotatable bonds is 2. The molecule has 0 saturated heterocycles. The highest BCUT2D eigenvalue weighted by molar-refractivity contribution is 5.94. The van der Waals surface area contributed by atoms with Gasteiger partial charge in [0.2, 0.25) is 5.96 Å². The van der Waals surface area contributed by atoms with Crippen molar-refractivity contribution in [2.45, 2.75) is 0 Å². The van der Waals surface area contributed by atoms with Crippen molar-refractivity contribution in [3.63, 3.8) is 0 Å². The Morgan fingerprint density at radius 2 is 2.05 bits per heavy atom. The van der Waals surface area contributed by atoms with Crippen LogP contribution in [0.25, 0.3) is 5.69 Å². The number of hydrogen-bond acceptors (Lipinski definition) is 2. The van der Waals surface area contributed by atoms with E-state index in [4.69, 9.17) is 17.2 Å². The highest BCUT2D eigenvalue weighted by Gasteiger charge is 2.06. The monoisotopic (exact) mass is 261 g/mol. The van der Waals surface area contributed by atoms with Crippen molar-refractivity contribution < 1.29 is 4.39 Å². The van der Waals surface area contributed by atoms with Crippen LogP contribution in [-0.4, -0.2) is 21.5 Å². The van der Waals surface area contributed by atoms with Gasteiger partial charge in [-0.3, -0.25) is 0 Å². The van der Waals surface area contributed by atoms with E-state index in [1.54, 1.807) is 29.4 Å². The summed E-state index contributed by atoms with van der Waals surface area (Å²) in [7, 11) is 0. The van der Waals surface area contributed by atoms with Crippen LogP contribution in [0.15, 0.2) is 46.9 Å². The average Bonchev–Trinajstić information content (AvgIpc) is 2.81. The van der Waals surface area contributed by atoms with E-state index in [0.717, 1.165) is 0 Å². The Labute approximate surface area is 108 Å². The molecule has 0 radical (unpaired) electrons. The van der Waals surface area contributed by atoms with Gasteiger partial charge in [-0.25, -0.2) is 14.4 Å². The smallest absolute Gasteiger partial charge is 0.223 e. The lowest BCUT2D eigenvalue weighted by Gasteiger charge is -2.06. The summed E-state index contributed by atoms with van der Waals surface area (Å²) < 4.78 is 14.9. The van der Waals surface area contributed by atoms with Crippen molar-refractivity contribution in [3.05, 3.63) is 42.7 Å². The summed E-state index contributed by atoms with van der Waals surface area (Å²) in [5.41, 5.74) is 16.8. The molecule has 7 nitrogen and oxygen atoms in total. The van der Waals surface area contributed by atoms with Crippen LogP contribution in [0.4, 0.5) is 10.1 Å². The molecule has 0 saturated carbocycles.